The fourth-order valence-electron chi connectivity index (χ4n) is 1.65. The van der Waals surface area contributed by atoms with Crippen LogP contribution in [0.2, 0.25) is 0 Å². The molecule has 0 aliphatic heterocycles. The Morgan fingerprint density at radius 3 is 2.35 bits per heavy atom. The summed E-state index contributed by atoms with van der Waals surface area (Å²) in [4.78, 5) is 33.4. The van der Waals surface area contributed by atoms with E-state index in [-0.39, 0.29) is 6.61 Å². The van der Waals surface area contributed by atoms with Crippen molar-refractivity contribution in [2.75, 3.05) is 6.61 Å². The maximum atomic E-state index is 11.3. The van der Waals surface area contributed by atoms with Gasteiger partial charge in [0, 0.05) is 0 Å². The van der Waals surface area contributed by atoms with Gasteiger partial charge in [-0.2, -0.15) is 0 Å². The molecule has 0 saturated heterocycles. The number of rotatable bonds is 6. The zero-order chi connectivity index (χ0) is 15.5. The molecule has 0 aromatic rings. The van der Waals surface area contributed by atoms with Crippen molar-refractivity contribution in [1.82, 2.24) is 0 Å². The van der Waals surface area contributed by atoms with Crippen molar-refractivity contribution in [1.29, 1.82) is 0 Å². The summed E-state index contributed by atoms with van der Waals surface area (Å²) in [7, 11) is 0. The van der Waals surface area contributed by atoms with E-state index in [0.717, 1.165) is 18.2 Å². The lowest BCUT2D eigenvalue weighted by Crippen LogP contribution is -2.42. The number of aliphatic carboxylic acids is 3. The van der Waals surface area contributed by atoms with E-state index in [1.165, 1.54) is 0 Å². The van der Waals surface area contributed by atoms with Gasteiger partial charge in [-0.15, -0.1) is 0 Å². The molecule has 1 aliphatic carbocycles. The molecule has 0 aromatic heterocycles. The van der Waals surface area contributed by atoms with Crippen LogP contribution in [0.4, 0.5) is 0 Å². The highest BCUT2D eigenvalue weighted by Gasteiger charge is 2.42. The molecule has 0 saturated carbocycles. The SMILES string of the molecule is C=C(C)COC1(C(=O)O)C=CC(C(=O)O)C(C(=O)O)=C1. The summed E-state index contributed by atoms with van der Waals surface area (Å²) in [6.07, 6.45) is 2.83. The summed E-state index contributed by atoms with van der Waals surface area (Å²) in [5, 5.41) is 27.2. The number of carbonyl (C=O) groups is 3. The van der Waals surface area contributed by atoms with Crippen molar-refractivity contribution >= 4 is 17.9 Å². The first-order valence-electron chi connectivity index (χ1n) is 5.59. The van der Waals surface area contributed by atoms with Crippen LogP contribution in [0.15, 0.2) is 36.0 Å². The van der Waals surface area contributed by atoms with Crippen LogP contribution in [-0.4, -0.2) is 45.4 Å². The third-order valence-electron chi connectivity index (χ3n) is 2.65. The fraction of sp³-hybridized carbons (Fsp3) is 0.308. The van der Waals surface area contributed by atoms with E-state index >= 15 is 0 Å². The minimum Gasteiger partial charge on any atom is -0.481 e. The maximum Gasteiger partial charge on any atom is 0.344 e. The molecule has 0 spiro atoms. The van der Waals surface area contributed by atoms with Gasteiger partial charge in [-0.1, -0.05) is 18.2 Å². The Kier molecular flexibility index (Phi) is 4.46. The molecule has 2 unspecified atom stereocenters. The van der Waals surface area contributed by atoms with Crippen LogP contribution in [0.3, 0.4) is 0 Å². The molecule has 0 radical (unpaired) electrons. The molecule has 108 valence electrons. The lowest BCUT2D eigenvalue weighted by Gasteiger charge is -2.28. The second-order valence-corrected chi connectivity index (χ2v) is 4.42. The number of hydrogen-bond donors (Lipinski definition) is 3. The van der Waals surface area contributed by atoms with Crippen LogP contribution in [0.5, 0.6) is 0 Å². The van der Waals surface area contributed by atoms with Gasteiger partial charge in [0.25, 0.3) is 0 Å². The third kappa shape index (κ3) is 3.12. The summed E-state index contributed by atoms with van der Waals surface area (Å²) in [5.74, 6) is -5.73. The van der Waals surface area contributed by atoms with E-state index in [1.807, 2.05) is 0 Å². The zero-order valence-corrected chi connectivity index (χ0v) is 10.7. The molecule has 1 rings (SSSR count). The van der Waals surface area contributed by atoms with Gasteiger partial charge in [0.2, 0.25) is 5.60 Å². The third-order valence-corrected chi connectivity index (χ3v) is 2.65. The molecule has 0 amide bonds. The standard InChI is InChI=1S/C13H14O7/c1-7(2)6-20-13(12(18)19)4-3-8(10(14)15)9(5-13)11(16)17/h3-5,8H,1,6H2,2H3,(H,14,15)(H,16,17)(H,18,19). The van der Waals surface area contributed by atoms with Gasteiger partial charge in [0.1, 0.15) is 5.92 Å². The van der Waals surface area contributed by atoms with Gasteiger partial charge >= 0.3 is 17.9 Å². The number of ether oxygens (including phenoxy) is 1. The summed E-state index contributed by atoms with van der Waals surface area (Å²) in [6, 6.07) is 0. The monoisotopic (exact) mass is 282 g/mol. The molecule has 20 heavy (non-hydrogen) atoms. The van der Waals surface area contributed by atoms with Crippen molar-refractivity contribution in [2.24, 2.45) is 5.92 Å². The summed E-state index contributed by atoms with van der Waals surface area (Å²) >= 11 is 0. The van der Waals surface area contributed by atoms with E-state index in [9.17, 15) is 19.5 Å². The van der Waals surface area contributed by atoms with E-state index in [2.05, 4.69) is 6.58 Å². The molecular formula is C13H14O7. The van der Waals surface area contributed by atoms with Crippen molar-refractivity contribution in [3.8, 4) is 0 Å². The van der Waals surface area contributed by atoms with Gasteiger partial charge in [-0.05, 0) is 19.1 Å². The van der Waals surface area contributed by atoms with Crippen LogP contribution in [0, 0.1) is 5.92 Å². The minimum absolute atomic E-state index is 0.0994. The number of carboxylic acid groups (broad SMARTS) is 3. The predicted octanol–water partition coefficient (Wildman–Crippen LogP) is 0.684. The highest BCUT2D eigenvalue weighted by Crippen LogP contribution is 2.29. The Labute approximate surface area is 114 Å². The van der Waals surface area contributed by atoms with Crippen LogP contribution < -0.4 is 0 Å². The summed E-state index contributed by atoms with van der Waals surface area (Å²) in [6.45, 7) is 5.07. The molecule has 3 N–H and O–H groups in total. The summed E-state index contributed by atoms with van der Waals surface area (Å²) < 4.78 is 5.18. The molecule has 7 nitrogen and oxygen atoms in total. The molecule has 2 atom stereocenters. The Bertz CT molecular complexity index is 529. The largest absolute Gasteiger partial charge is 0.481 e. The average Bonchev–Trinajstić information content (AvgIpc) is 2.35. The molecule has 1 aliphatic rings. The first kappa shape index (κ1) is 15.6. The first-order chi connectivity index (χ1) is 9.19. The average molecular weight is 282 g/mol. The van der Waals surface area contributed by atoms with E-state index in [4.69, 9.17) is 14.9 Å². The highest BCUT2D eigenvalue weighted by atomic mass is 16.5. The van der Waals surface area contributed by atoms with E-state index in [0.29, 0.717) is 5.57 Å². The number of hydrogen-bond acceptors (Lipinski definition) is 4. The molecule has 0 aromatic carbocycles. The van der Waals surface area contributed by atoms with Crippen molar-refractivity contribution < 1.29 is 34.4 Å². The Morgan fingerprint density at radius 1 is 1.35 bits per heavy atom. The minimum atomic E-state index is -2.00. The Balaban J connectivity index is 3.24. The lowest BCUT2D eigenvalue weighted by atomic mass is 9.85. The first-order valence-corrected chi connectivity index (χ1v) is 5.59. The van der Waals surface area contributed by atoms with Gasteiger partial charge < -0.3 is 20.1 Å². The zero-order valence-electron chi connectivity index (χ0n) is 10.7. The Morgan fingerprint density at radius 2 is 1.95 bits per heavy atom. The molecular weight excluding hydrogens is 268 g/mol. The fourth-order valence-corrected chi connectivity index (χ4v) is 1.65. The molecule has 7 heteroatoms. The van der Waals surface area contributed by atoms with E-state index in [1.54, 1.807) is 6.92 Å². The van der Waals surface area contributed by atoms with Crippen LogP contribution in [-0.2, 0) is 19.1 Å². The topological polar surface area (TPSA) is 121 Å². The lowest BCUT2D eigenvalue weighted by molar-refractivity contribution is -0.154. The predicted molar refractivity (Wildman–Crippen MR) is 67.1 cm³/mol. The van der Waals surface area contributed by atoms with Crippen LogP contribution in [0.25, 0.3) is 0 Å². The quantitative estimate of drug-likeness (QED) is 0.612. The van der Waals surface area contributed by atoms with Gasteiger partial charge in [0.05, 0.1) is 12.2 Å². The second-order valence-electron chi connectivity index (χ2n) is 4.42. The second kappa shape index (κ2) is 5.70. The molecule has 0 heterocycles. The number of carboxylic acids is 3. The summed E-state index contributed by atoms with van der Waals surface area (Å²) in [5.41, 5.74) is -2.01. The van der Waals surface area contributed by atoms with Gasteiger partial charge in [-0.25, -0.2) is 9.59 Å². The van der Waals surface area contributed by atoms with Gasteiger partial charge in [-0.3, -0.25) is 4.79 Å². The van der Waals surface area contributed by atoms with Crippen LogP contribution >= 0.6 is 0 Å². The van der Waals surface area contributed by atoms with Crippen molar-refractivity contribution in [3.05, 3.63) is 36.0 Å². The highest BCUT2D eigenvalue weighted by molar-refractivity contribution is 5.98. The van der Waals surface area contributed by atoms with Crippen LogP contribution in [0.1, 0.15) is 6.92 Å². The smallest absolute Gasteiger partial charge is 0.344 e. The molecule has 0 fully saturated rings. The van der Waals surface area contributed by atoms with E-state index < -0.39 is 35.0 Å². The van der Waals surface area contributed by atoms with Crippen molar-refractivity contribution in [2.45, 2.75) is 12.5 Å². The maximum absolute atomic E-state index is 11.3. The molecule has 0 bridgehead atoms. The van der Waals surface area contributed by atoms with Gasteiger partial charge in [0.15, 0.2) is 0 Å². The van der Waals surface area contributed by atoms with Crippen molar-refractivity contribution in [3.63, 3.8) is 0 Å². The Hall–Kier alpha value is -2.41. The normalized spacial score (nSPS) is 24.9.